The molecule has 0 heterocycles. The molecular formula is C24H31NO5. The minimum atomic E-state index is -1.45. The number of hydrogen-bond acceptors (Lipinski definition) is 6. The second kappa shape index (κ2) is 9.18. The Balaban J connectivity index is 2.34. The molecule has 0 aromatic heterocycles. The summed E-state index contributed by atoms with van der Waals surface area (Å²) in [5.74, 6) is -0.728. The van der Waals surface area contributed by atoms with Crippen LogP contribution in [0.2, 0.25) is 0 Å². The first-order chi connectivity index (χ1) is 13.8. The molecule has 0 radical (unpaired) electrons. The molecule has 0 saturated carbocycles. The summed E-state index contributed by atoms with van der Waals surface area (Å²) in [6.07, 6.45) is -0.556. The summed E-state index contributed by atoms with van der Waals surface area (Å²) < 4.78 is 0. The average Bonchev–Trinajstić information content (AvgIpc) is 2.66. The van der Waals surface area contributed by atoms with E-state index in [1.807, 2.05) is 0 Å². The summed E-state index contributed by atoms with van der Waals surface area (Å²) in [7, 11) is 0. The van der Waals surface area contributed by atoms with Crippen molar-refractivity contribution in [2.75, 3.05) is 6.54 Å². The Morgan fingerprint density at radius 1 is 0.800 bits per heavy atom. The molecule has 0 fully saturated rings. The van der Waals surface area contributed by atoms with Gasteiger partial charge in [0, 0.05) is 17.7 Å². The van der Waals surface area contributed by atoms with Gasteiger partial charge in [-0.2, -0.15) is 0 Å². The van der Waals surface area contributed by atoms with Gasteiger partial charge >= 0.3 is 0 Å². The molecule has 30 heavy (non-hydrogen) atoms. The predicted molar refractivity (Wildman–Crippen MR) is 116 cm³/mol. The number of aliphatic hydroxyl groups is 3. The van der Waals surface area contributed by atoms with Crippen molar-refractivity contribution < 1.29 is 24.9 Å². The number of carbonyl (C=O) groups is 2. The van der Waals surface area contributed by atoms with E-state index in [4.69, 9.17) is 0 Å². The smallest absolute Gasteiger partial charge is 0.193 e. The van der Waals surface area contributed by atoms with Gasteiger partial charge in [-0.15, -0.1) is 0 Å². The highest BCUT2D eigenvalue weighted by molar-refractivity contribution is 6.02. The van der Waals surface area contributed by atoms with Crippen LogP contribution >= 0.6 is 0 Å². The molecule has 4 N–H and O–H groups in total. The Kier molecular flexibility index (Phi) is 7.31. The highest BCUT2D eigenvalue weighted by atomic mass is 16.3. The van der Waals surface area contributed by atoms with E-state index in [9.17, 15) is 24.9 Å². The molecule has 0 bridgehead atoms. The van der Waals surface area contributed by atoms with E-state index in [0.29, 0.717) is 17.7 Å². The first-order valence-electron chi connectivity index (χ1n) is 9.96. The number of carbonyl (C=O) groups excluding carboxylic acids is 2. The van der Waals surface area contributed by atoms with Crippen LogP contribution in [0.4, 0.5) is 0 Å². The summed E-state index contributed by atoms with van der Waals surface area (Å²) in [4.78, 5) is 24.5. The van der Waals surface area contributed by atoms with Crippen molar-refractivity contribution in [3.8, 4) is 0 Å². The molecule has 0 amide bonds. The number of ketones is 2. The largest absolute Gasteiger partial charge is 0.392 e. The molecular weight excluding hydrogens is 382 g/mol. The second-order valence-corrected chi connectivity index (χ2v) is 8.71. The molecule has 2 aromatic rings. The summed E-state index contributed by atoms with van der Waals surface area (Å²) in [5, 5.41) is 32.9. The zero-order valence-corrected chi connectivity index (χ0v) is 18.1. The van der Waals surface area contributed by atoms with Gasteiger partial charge in [-0.1, -0.05) is 48.5 Å². The van der Waals surface area contributed by atoms with Crippen LogP contribution in [-0.2, 0) is 0 Å². The number of nitrogens with one attached hydrogen (secondary N) is 1. The molecule has 1 atom stereocenters. The third-order valence-corrected chi connectivity index (χ3v) is 4.74. The maximum Gasteiger partial charge on any atom is 0.193 e. The average molecular weight is 414 g/mol. The predicted octanol–water partition coefficient (Wildman–Crippen LogP) is 2.65. The van der Waals surface area contributed by atoms with Crippen LogP contribution in [0.1, 0.15) is 72.5 Å². The standard InChI is InChI=1S/C24H31NO5/c1-15(26)14-25-20(16-6-10-18(11-7-16)21(27)23(2,3)29)17-8-12-19(13-9-17)22(28)24(4,5)30/h6-13,15,20,25-26,29-30H,14H2,1-5H3. The fourth-order valence-electron chi connectivity index (χ4n) is 3.08. The SMILES string of the molecule is CC(O)CNC(c1ccc(C(=O)C(C)(C)O)cc1)c1ccc(C(=O)C(C)(C)O)cc1. The normalized spacial score (nSPS) is 13.4. The fourth-order valence-corrected chi connectivity index (χ4v) is 3.08. The highest BCUT2D eigenvalue weighted by Gasteiger charge is 2.27. The van der Waals surface area contributed by atoms with Crippen LogP contribution in [0.25, 0.3) is 0 Å². The van der Waals surface area contributed by atoms with Gasteiger partial charge in [-0.05, 0) is 45.7 Å². The summed E-state index contributed by atoms with van der Waals surface area (Å²) >= 11 is 0. The van der Waals surface area contributed by atoms with Crippen molar-refractivity contribution in [1.29, 1.82) is 0 Å². The van der Waals surface area contributed by atoms with Gasteiger partial charge in [0.1, 0.15) is 11.2 Å². The van der Waals surface area contributed by atoms with E-state index in [2.05, 4.69) is 5.32 Å². The molecule has 2 rings (SSSR count). The fraction of sp³-hybridized carbons (Fsp3) is 0.417. The van der Waals surface area contributed by atoms with Gasteiger partial charge in [-0.3, -0.25) is 9.59 Å². The van der Waals surface area contributed by atoms with E-state index in [-0.39, 0.29) is 17.6 Å². The number of rotatable bonds is 9. The second-order valence-electron chi connectivity index (χ2n) is 8.71. The van der Waals surface area contributed by atoms with Crippen molar-refractivity contribution in [3.05, 3.63) is 70.8 Å². The van der Waals surface area contributed by atoms with Crippen molar-refractivity contribution in [2.45, 2.75) is 58.0 Å². The summed E-state index contributed by atoms with van der Waals surface area (Å²) in [6.45, 7) is 7.83. The van der Waals surface area contributed by atoms with Gasteiger partial charge in [0.2, 0.25) is 0 Å². The first-order valence-corrected chi connectivity index (χ1v) is 9.96. The minimum absolute atomic E-state index is 0.280. The Morgan fingerprint density at radius 3 is 1.40 bits per heavy atom. The quantitative estimate of drug-likeness (QED) is 0.471. The highest BCUT2D eigenvalue weighted by Crippen LogP contribution is 2.25. The van der Waals surface area contributed by atoms with Crippen LogP contribution in [0.15, 0.2) is 48.5 Å². The molecule has 6 nitrogen and oxygen atoms in total. The maximum absolute atomic E-state index is 12.3. The minimum Gasteiger partial charge on any atom is -0.392 e. The van der Waals surface area contributed by atoms with Crippen molar-refractivity contribution >= 4 is 11.6 Å². The third kappa shape index (κ3) is 6.06. The maximum atomic E-state index is 12.3. The van der Waals surface area contributed by atoms with E-state index in [0.717, 1.165) is 11.1 Å². The van der Waals surface area contributed by atoms with Crippen LogP contribution in [-0.4, -0.2) is 50.7 Å². The number of aliphatic hydroxyl groups excluding tert-OH is 1. The Bertz CT molecular complexity index is 802. The topological polar surface area (TPSA) is 107 Å². The van der Waals surface area contributed by atoms with Crippen molar-refractivity contribution in [2.24, 2.45) is 0 Å². The monoisotopic (exact) mass is 413 g/mol. The lowest BCUT2D eigenvalue weighted by molar-refractivity contribution is 0.0487. The lowest BCUT2D eigenvalue weighted by Gasteiger charge is -2.22. The first kappa shape index (κ1) is 23.9. The molecule has 6 heteroatoms. The zero-order valence-electron chi connectivity index (χ0n) is 18.1. The molecule has 162 valence electrons. The van der Waals surface area contributed by atoms with E-state index < -0.39 is 17.3 Å². The van der Waals surface area contributed by atoms with Crippen molar-refractivity contribution in [3.63, 3.8) is 0 Å². The third-order valence-electron chi connectivity index (χ3n) is 4.74. The number of Topliss-reactive ketones (excluding diaryl/α,β-unsaturated/α-hetero) is 2. The number of benzene rings is 2. The zero-order chi connectivity index (χ0) is 22.7. The van der Waals surface area contributed by atoms with E-state index >= 15 is 0 Å². The molecule has 0 saturated heterocycles. The van der Waals surface area contributed by atoms with Crippen LogP contribution in [0, 0.1) is 0 Å². The Hall–Kier alpha value is -2.38. The van der Waals surface area contributed by atoms with Gasteiger partial charge in [0.05, 0.1) is 12.1 Å². The Labute approximate surface area is 177 Å². The summed E-state index contributed by atoms with van der Waals surface area (Å²) in [5.41, 5.74) is -0.352. The molecule has 2 aromatic carbocycles. The molecule has 0 aliphatic rings. The van der Waals surface area contributed by atoms with Gasteiger partial charge in [0.25, 0.3) is 0 Å². The lowest BCUT2D eigenvalue weighted by Crippen LogP contribution is -2.32. The molecule has 0 aliphatic carbocycles. The Morgan fingerprint density at radius 2 is 1.13 bits per heavy atom. The molecule has 0 aliphatic heterocycles. The number of hydrogen-bond donors (Lipinski definition) is 4. The van der Waals surface area contributed by atoms with E-state index in [1.54, 1.807) is 55.5 Å². The van der Waals surface area contributed by atoms with Crippen LogP contribution in [0.3, 0.4) is 0 Å². The van der Waals surface area contributed by atoms with Gasteiger partial charge in [-0.25, -0.2) is 0 Å². The van der Waals surface area contributed by atoms with Gasteiger partial charge in [0.15, 0.2) is 11.6 Å². The van der Waals surface area contributed by atoms with E-state index in [1.165, 1.54) is 27.7 Å². The van der Waals surface area contributed by atoms with Crippen LogP contribution in [0.5, 0.6) is 0 Å². The molecule has 1 unspecified atom stereocenters. The van der Waals surface area contributed by atoms with Crippen molar-refractivity contribution in [1.82, 2.24) is 5.32 Å². The van der Waals surface area contributed by atoms with Crippen LogP contribution < -0.4 is 5.32 Å². The van der Waals surface area contributed by atoms with Gasteiger partial charge < -0.3 is 20.6 Å². The molecule has 0 spiro atoms. The lowest BCUT2D eigenvalue weighted by atomic mass is 9.91. The summed E-state index contributed by atoms with van der Waals surface area (Å²) in [6, 6.07) is 13.6.